The lowest BCUT2D eigenvalue weighted by Gasteiger charge is -2.28. The van der Waals surface area contributed by atoms with Crippen molar-refractivity contribution < 1.29 is 43.7 Å². The van der Waals surface area contributed by atoms with Crippen LogP contribution in [0.4, 0.5) is 0 Å². The van der Waals surface area contributed by atoms with Crippen LogP contribution in [0.3, 0.4) is 0 Å². The van der Waals surface area contributed by atoms with Crippen LogP contribution in [0.25, 0.3) is 0 Å². The highest BCUT2D eigenvalue weighted by atomic mass is 31.2. The first-order valence-electron chi connectivity index (χ1n) is 3.70. The van der Waals surface area contributed by atoms with Gasteiger partial charge in [0.05, 0.1) is 0 Å². The fraction of sp³-hybridized carbons (Fsp3) is 0.800. The second kappa shape index (κ2) is 4.24. The summed E-state index contributed by atoms with van der Waals surface area (Å²) in [5, 5.41) is 35.8. The van der Waals surface area contributed by atoms with Crippen LogP contribution < -0.4 is 0 Å². The third-order valence-electron chi connectivity index (χ3n) is 1.62. The van der Waals surface area contributed by atoms with Gasteiger partial charge in [0.25, 0.3) is 0 Å². The minimum Gasteiger partial charge on any atom is -0.385 e. The molecule has 10 heteroatoms. The van der Waals surface area contributed by atoms with E-state index in [0.717, 1.165) is 0 Å². The minimum absolute atomic E-state index is 1.46. The predicted molar refractivity (Wildman–Crippen MR) is 41.0 cm³/mol. The first-order valence-corrected chi connectivity index (χ1v) is 5.20. The van der Waals surface area contributed by atoms with Gasteiger partial charge in [-0.1, -0.05) is 0 Å². The Balaban J connectivity index is 2.95. The summed E-state index contributed by atoms with van der Waals surface area (Å²) in [4.78, 5) is 19.7. The lowest BCUT2D eigenvalue weighted by Crippen LogP contribution is -2.49. The number of rotatable bonds is 0. The van der Waals surface area contributed by atoms with Gasteiger partial charge >= 0.3 is 7.82 Å². The Kier molecular flexibility index (Phi) is 3.59. The van der Waals surface area contributed by atoms with Crippen molar-refractivity contribution in [2.24, 2.45) is 0 Å². The molecule has 0 bridgehead atoms. The van der Waals surface area contributed by atoms with Crippen molar-refractivity contribution in [3.8, 4) is 0 Å². The van der Waals surface area contributed by atoms with E-state index in [1.54, 1.807) is 0 Å². The molecule has 0 radical (unpaired) electrons. The van der Waals surface area contributed by atoms with Crippen LogP contribution in [0.15, 0.2) is 0 Å². The molecule has 1 heterocycles. The maximum atomic E-state index is 11.0. The number of carbonyl (C=O) groups excluding carboxylic acids is 1. The normalized spacial score (nSPS) is 48.5. The van der Waals surface area contributed by atoms with Crippen LogP contribution in [0.1, 0.15) is 0 Å². The van der Waals surface area contributed by atoms with Gasteiger partial charge in [0, 0.05) is 0 Å². The first kappa shape index (κ1) is 12.7. The maximum Gasteiger partial charge on any atom is 0.477 e. The number of aliphatic hydroxyl groups excluding tert-OH is 4. The summed E-state index contributed by atoms with van der Waals surface area (Å²) in [6.07, 6.45) is -9.04. The quantitative estimate of drug-likeness (QED) is 0.281. The zero-order chi connectivity index (χ0) is 11.8. The molecular weight excluding hydrogens is 235 g/mol. The molecule has 1 fully saturated rings. The third-order valence-corrected chi connectivity index (χ3v) is 2.57. The molecule has 0 aromatic rings. The molecule has 5 unspecified atom stereocenters. The van der Waals surface area contributed by atoms with Crippen molar-refractivity contribution in [1.82, 2.24) is 0 Å². The molecule has 0 amide bonds. The monoisotopic (exact) mass is 244 g/mol. The third kappa shape index (κ3) is 2.80. The van der Waals surface area contributed by atoms with Crippen LogP contribution in [0.2, 0.25) is 0 Å². The highest BCUT2D eigenvalue weighted by molar-refractivity contribution is 7.47. The van der Waals surface area contributed by atoms with Gasteiger partial charge in [-0.05, 0) is 0 Å². The fourth-order valence-corrected chi connectivity index (χ4v) is 1.68. The van der Waals surface area contributed by atoms with Gasteiger partial charge in [-0.2, -0.15) is 0 Å². The molecule has 1 saturated heterocycles. The minimum atomic E-state index is -4.86. The Morgan fingerprint density at radius 2 is 1.67 bits per heavy atom. The number of phosphoric ester groups is 1. The Morgan fingerprint density at radius 1 is 1.13 bits per heavy atom. The number of hydrogen-bond donors (Lipinski definition) is 5. The van der Waals surface area contributed by atoms with Crippen LogP contribution in [-0.4, -0.2) is 55.9 Å². The van der Waals surface area contributed by atoms with Crippen molar-refractivity contribution in [1.29, 1.82) is 0 Å². The largest absolute Gasteiger partial charge is 0.477 e. The summed E-state index contributed by atoms with van der Waals surface area (Å²) in [6.45, 7) is 0. The summed E-state index contributed by atoms with van der Waals surface area (Å²) in [6, 6.07) is 0. The summed E-state index contributed by atoms with van der Waals surface area (Å²) >= 11 is 0. The van der Waals surface area contributed by atoms with Gasteiger partial charge in [0.1, 0.15) is 12.2 Å². The van der Waals surface area contributed by atoms with Crippen molar-refractivity contribution in [2.45, 2.75) is 24.8 Å². The lowest BCUT2D eigenvalue weighted by atomic mass is 10.1. The number of aliphatic hydroxyl groups is 4. The average Bonchev–Trinajstić information content (AvgIpc) is 2.11. The van der Waals surface area contributed by atoms with Crippen LogP contribution in [0.5, 0.6) is 0 Å². The van der Waals surface area contributed by atoms with Gasteiger partial charge in [-0.3, -0.25) is 9.32 Å². The molecule has 5 N–H and O–H groups in total. The molecule has 5 atom stereocenters. The SMILES string of the molecule is O=C1C(O)OP(=O)(O)OC(O)C(O)C1O. The molecular formula is C5H9O9P. The number of hydrogen-bond acceptors (Lipinski definition) is 8. The van der Waals surface area contributed by atoms with Crippen molar-refractivity contribution in [3.63, 3.8) is 0 Å². The number of phosphoric acid groups is 1. The lowest BCUT2D eigenvalue weighted by molar-refractivity contribution is -0.193. The number of Topliss-reactive ketones (excluding diaryl/α,β-unsaturated/α-hetero) is 1. The average molecular weight is 244 g/mol. The molecule has 0 aromatic carbocycles. The van der Waals surface area contributed by atoms with Gasteiger partial charge in [-0.15, -0.1) is 0 Å². The molecule has 15 heavy (non-hydrogen) atoms. The van der Waals surface area contributed by atoms with E-state index in [1.165, 1.54) is 0 Å². The van der Waals surface area contributed by atoms with Gasteiger partial charge in [-0.25, -0.2) is 9.09 Å². The second-order valence-electron chi connectivity index (χ2n) is 2.76. The summed E-state index contributed by atoms with van der Waals surface area (Å²) < 4.78 is 18.6. The highest BCUT2D eigenvalue weighted by Gasteiger charge is 2.44. The summed E-state index contributed by atoms with van der Waals surface area (Å²) in [5.41, 5.74) is 0. The van der Waals surface area contributed by atoms with Crippen LogP contribution >= 0.6 is 7.82 Å². The Morgan fingerprint density at radius 3 is 2.20 bits per heavy atom. The van der Waals surface area contributed by atoms with E-state index in [-0.39, 0.29) is 0 Å². The topological polar surface area (TPSA) is 154 Å². The number of ketones is 1. The van der Waals surface area contributed by atoms with Crippen LogP contribution in [0, 0.1) is 0 Å². The van der Waals surface area contributed by atoms with Gasteiger partial charge in [0.2, 0.25) is 12.1 Å². The Bertz CT molecular complexity index is 303. The second-order valence-corrected chi connectivity index (χ2v) is 4.12. The molecule has 1 rings (SSSR count). The van der Waals surface area contributed by atoms with E-state index in [0.29, 0.717) is 0 Å². The maximum absolute atomic E-state index is 11.0. The Labute approximate surface area is 83.1 Å². The zero-order valence-corrected chi connectivity index (χ0v) is 8.02. The molecule has 1 aliphatic rings. The first-order chi connectivity index (χ1) is 6.74. The summed E-state index contributed by atoms with van der Waals surface area (Å²) in [7, 11) is -4.86. The van der Waals surface area contributed by atoms with E-state index < -0.39 is 38.4 Å². The standard InChI is InChI=1S/C5H9O9P/c6-1-2(7)4(9)13-15(11,12)14-5(10)3(1)8/h1-2,4-7,9-10H,(H,11,12). The summed E-state index contributed by atoms with van der Waals surface area (Å²) in [5.74, 6) is -1.46. The fourth-order valence-electron chi connectivity index (χ4n) is 0.872. The molecule has 0 aliphatic carbocycles. The van der Waals surface area contributed by atoms with Gasteiger partial charge in [0.15, 0.2) is 6.29 Å². The van der Waals surface area contributed by atoms with E-state index in [1.807, 2.05) is 0 Å². The highest BCUT2D eigenvalue weighted by Crippen LogP contribution is 2.46. The predicted octanol–water partition coefficient (Wildman–Crippen LogP) is -2.94. The number of carbonyl (C=O) groups is 1. The molecule has 0 aromatic heterocycles. The molecule has 0 spiro atoms. The van der Waals surface area contributed by atoms with E-state index in [2.05, 4.69) is 9.05 Å². The molecule has 1 aliphatic heterocycles. The van der Waals surface area contributed by atoms with E-state index >= 15 is 0 Å². The molecule has 88 valence electrons. The van der Waals surface area contributed by atoms with Crippen LogP contribution in [-0.2, 0) is 18.4 Å². The van der Waals surface area contributed by atoms with Crippen molar-refractivity contribution >= 4 is 13.6 Å². The van der Waals surface area contributed by atoms with Gasteiger partial charge < -0.3 is 25.3 Å². The molecule has 9 nitrogen and oxygen atoms in total. The smallest absolute Gasteiger partial charge is 0.385 e. The Hall–Kier alpha value is -0.380. The zero-order valence-electron chi connectivity index (χ0n) is 7.13. The van der Waals surface area contributed by atoms with E-state index in [9.17, 15) is 9.36 Å². The van der Waals surface area contributed by atoms with Crippen molar-refractivity contribution in [3.05, 3.63) is 0 Å². The molecule has 0 saturated carbocycles. The van der Waals surface area contributed by atoms with Crippen molar-refractivity contribution in [2.75, 3.05) is 0 Å². The van der Waals surface area contributed by atoms with E-state index in [4.69, 9.17) is 25.3 Å².